The summed E-state index contributed by atoms with van der Waals surface area (Å²) in [4.78, 5) is 0. The van der Waals surface area contributed by atoms with Crippen molar-refractivity contribution >= 4 is 0 Å². The molecule has 0 heterocycles. The Bertz CT molecular complexity index is 209. The molecular weight excluding hydrogens is 136 g/mol. The van der Waals surface area contributed by atoms with Crippen molar-refractivity contribution in [3.8, 4) is 0 Å². The third kappa shape index (κ3) is 1.97. The minimum atomic E-state index is 1.01. The zero-order valence-electron chi connectivity index (χ0n) is 7.13. The molecule has 1 nitrogen and oxygen atoms in total. The molecule has 0 N–H and O–H groups in total. The van der Waals surface area contributed by atoms with Crippen LogP contribution in [0.1, 0.15) is 19.8 Å². The lowest BCUT2D eigenvalue weighted by atomic mass is 10.0. The number of allylic oxidation sites excluding steroid dienone is 5. The fourth-order valence-electron chi connectivity index (χ4n) is 1.24. The Hall–Kier alpha value is -0.980. The zero-order chi connectivity index (χ0) is 8.10. The van der Waals surface area contributed by atoms with Gasteiger partial charge in [0.25, 0.3) is 0 Å². The Balaban J connectivity index is 2.66. The van der Waals surface area contributed by atoms with Gasteiger partial charge in [0.2, 0.25) is 0 Å². The molecule has 0 saturated heterocycles. The van der Waals surface area contributed by atoms with Gasteiger partial charge in [-0.2, -0.15) is 0 Å². The minimum absolute atomic E-state index is 1.01. The highest BCUT2D eigenvalue weighted by Gasteiger charge is 2.03. The number of hydrogen-bond donors (Lipinski definition) is 0. The fraction of sp³-hybridized carbons (Fsp3) is 0.400. The van der Waals surface area contributed by atoms with E-state index in [2.05, 4.69) is 18.2 Å². The van der Waals surface area contributed by atoms with Crippen LogP contribution in [-0.4, -0.2) is 7.11 Å². The lowest BCUT2D eigenvalue weighted by Gasteiger charge is -2.10. The highest BCUT2D eigenvalue weighted by molar-refractivity contribution is 5.30. The molecule has 0 amide bonds. The highest BCUT2D eigenvalue weighted by atomic mass is 16.5. The van der Waals surface area contributed by atoms with Crippen molar-refractivity contribution in [3.05, 3.63) is 35.6 Å². The smallest absolute Gasteiger partial charge is 0.117 e. The number of rotatable bonds is 2. The van der Waals surface area contributed by atoms with Gasteiger partial charge in [0.05, 0.1) is 7.11 Å². The molecule has 0 spiro atoms. The zero-order valence-corrected chi connectivity index (χ0v) is 7.13. The van der Waals surface area contributed by atoms with Crippen molar-refractivity contribution in [2.24, 2.45) is 0 Å². The summed E-state index contributed by atoms with van der Waals surface area (Å²) in [5, 5.41) is 0. The van der Waals surface area contributed by atoms with E-state index in [1.54, 1.807) is 7.11 Å². The summed E-state index contributed by atoms with van der Waals surface area (Å²) < 4.78 is 5.20. The van der Waals surface area contributed by atoms with Crippen molar-refractivity contribution in [2.75, 3.05) is 7.11 Å². The molecule has 1 rings (SSSR count). The first kappa shape index (κ1) is 8.12. The third-order valence-corrected chi connectivity index (χ3v) is 1.80. The van der Waals surface area contributed by atoms with Gasteiger partial charge >= 0.3 is 0 Å². The molecule has 0 aromatic rings. The van der Waals surface area contributed by atoms with Gasteiger partial charge in [0, 0.05) is 0 Å². The van der Waals surface area contributed by atoms with Gasteiger partial charge in [-0.25, -0.2) is 0 Å². The molecule has 1 aliphatic carbocycles. The highest BCUT2D eigenvalue weighted by Crippen LogP contribution is 2.19. The SMILES string of the molecule is CC=C(OC)C1=CCC=CC1. The van der Waals surface area contributed by atoms with E-state index >= 15 is 0 Å². The summed E-state index contributed by atoms with van der Waals surface area (Å²) in [6.07, 6.45) is 10.6. The molecule has 60 valence electrons. The van der Waals surface area contributed by atoms with Crippen LogP contribution in [0.3, 0.4) is 0 Å². The van der Waals surface area contributed by atoms with Crippen molar-refractivity contribution in [1.29, 1.82) is 0 Å². The molecule has 1 heteroatoms. The van der Waals surface area contributed by atoms with Gasteiger partial charge in [0.15, 0.2) is 0 Å². The maximum Gasteiger partial charge on any atom is 0.117 e. The van der Waals surface area contributed by atoms with E-state index in [1.165, 1.54) is 5.57 Å². The molecule has 0 saturated carbocycles. The van der Waals surface area contributed by atoms with Crippen LogP contribution < -0.4 is 0 Å². The van der Waals surface area contributed by atoms with Crippen LogP contribution in [-0.2, 0) is 4.74 Å². The Labute approximate surface area is 68.1 Å². The van der Waals surface area contributed by atoms with Gasteiger partial charge in [-0.05, 0) is 31.4 Å². The Morgan fingerprint density at radius 2 is 2.36 bits per heavy atom. The summed E-state index contributed by atoms with van der Waals surface area (Å²) in [6.45, 7) is 2.00. The van der Waals surface area contributed by atoms with Crippen LogP contribution in [0.5, 0.6) is 0 Å². The lowest BCUT2D eigenvalue weighted by Crippen LogP contribution is -1.93. The Morgan fingerprint density at radius 3 is 2.82 bits per heavy atom. The van der Waals surface area contributed by atoms with Crippen LogP contribution in [0.2, 0.25) is 0 Å². The number of methoxy groups -OCH3 is 1. The van der Waals surface area contributed by atoms with Crippen LogP contribution in [0, 0.1) is 0 Å². The van der Waals surface area contributed by atoms with Crippen molar-refractivity contribution in [2.45, 2.75) is 19.8 Å². The predicted octanol–water partition coefficient (Wildman–Crippen LogP) is 2.81. The maximum absolute atomic E-state index is 5.20. The standard InChI is InChI=1S/C10H14O/c1-3-10(11-2)9-7-5-4-6-8-9/h3-5,8H,6-7H2,1-2H3. The second kappa shape index (κ2) is 4.02. The normalized spacial score (nSPS) is 18.0. The monoisotopic (exact) mass is 150 g/mol. The van der Waals surface area contributed by atoms with E-state index in [0.717, 1.165) is 18.6 Å². The largest absolute Gasteiger partial charge is 0.497 e. The molecule has 0 aliphatic heterocycles. The van der Waals surface area contributed by atoms with Crippen molar-refractivity contribution in [1.82, 2.24) is 0 Å². The van der Waals surface area contributed by atoms with Crippen LogP contribution >= 0.6 is 0 Å². The first-order valence-corrected chi connectivity index (χ1v) is 3.93. The molecule has 1 aliphatic rings. The van der Waals surface area contributed by atoms with E-state index in [4.69, 9.17) is 4.74 Å². The van der Waals surface area contributed by atoms with Gasteiger partial charge < -0.3 is 4.74 Å². The first-order valence-electron chi connectivity index (χ1n) is 3.93. The summed E-state index contributed by atoms with van der Waals surface area (Å²) in [5.74, 6) is 1.01. The van der Waals surface area contributed by atoms with Crippen LogP contribution in [0.4, 0.5) is 0 Å². The molecule has 0 aromatic carbocycles. The summed E-state index contributed by atoms with van der Waals surface area (Å²) >= 11 is 0. The Kier molecular flexibility index (Phi) is 2.96. The summed E-state index contributed by atoms with van der Waals surface area (Å²) in [5.41, 5.74) is 1.30. The van der Waals surface area contributed by atoms with Crippen LogP contribution in [0.15, 0.2) is 35.6 Å². The number of hydrogen-bond acceptors (Lipinski definition) is 1. The predicted molar refractivity (Wildman–Crippen MR) is 47.2 cm³/mol. The quantitative estimate of drug-likeness (QED) is 0.434. The molecule has 0 radical (unpaired) electrons. The minimum Gasteiger partial charge on any atom is -0.497 e. The Morgan fingerprint density at radius 1 is 1.55 bits per heavy atom. The van der Waals surface area contributed by atoms with Gasteiger partial charge in [-0.1, -0.05) is 18.2 Å². The van der Waals surface area contributed by atoms with Gasteiger partial charge in [-0.3, -0.25) is 0 Å². The summed E-state index contributed by atoms with van der Waals surface area (Å²) in [7, 11) is 1.72. The van der Waals surface area contributed by atoms with Gasteiger partial charge in [0.1, 0.15) is 5.76 Å². The van der Waals surface area contributed by atoms with E-state index < -0.39 is 0 Å². The third-order valence-electron chi connectivity index (χ3n) is 1.80. The summed E-state index contributed by atoms with van der Waals surface area (Å²) in [6, 6.07) is 0. The molecule has 0 fully saturated rings. The lowest BCUT2D eigenvalue weighted by molar-refractivity contribution is 0.298. The average molecular weight is 150 g/mol. The second-order valence-corrected chi connectivity index (χ2v) is 2.50. The molecule has 0 bridgehead atoms. The molecule has 0 unspecified atom stereocenters. The molecular formula is C10H14O. The van der Waals surface area contributed by atoms with Crippen molar-refractivity contribution < 1.29 is 4.74 Å². The van der Waals surface area contributed by atoms with E-state index in [9.17, 15) is 0 Å². The number of ether oxygens (including phenoxy) is 1. The molecule has 0 atom stereocenters. The maximum atomic E-state index is 5.20. The average Bonchev–Trinajstić information content (AvgIpc) is 2.09. The van der Waals surface area contributed by atoms with Crippen LogP contribution in [0.25, 0.3) is 0 Å². The fourth-order valence-corrected chi connectivity index (χ4v) is 1.24. The van der Waals surface area contributed by atoms with Crippen molar-refractivity contribution in [3.63, 3.8) is 0 Å². The molecule has 11 heavy (non-hydrogen) atoms. The van der Waals surface area contributed by atoms with E-state index in [-0.39, 0.29) is 0 Å². The first-order chi connectivity index (χ1) is 5.38. The molecule has 0 aromatic heterocycles. The second-order valence-electron chi connectivity index (χ2n) is 2.50. The topological polar surface area (TPSA) is 9.23 Å². The van der Waals surface area contributed by atoms with E-state index in [0.29, 0.717) is 0 Å². The van der Waals surface area contributed by atoms with Gasteiger partial charge in [-0.15, -0.1) is 0 Å². The van der Waals surface area contributed by atoms with E-state index in [1.807, 2.05) is 13.0 Å².